The molecule has 0 unspecified atom stereocenters. The topological polar surface area (TPSA) is 43.4 Å². The molecule has 0 aromatic carbocycles. The molecule has 0 atom stereocenters. The highest BCUT2D eigenvalue weighted by molar-refractivity contribution is 7.81. The van der Waals surface area contributed by atoms with Crippen molar-refractivity contribution in [3.63, 3.8) is 0 Å². The summed E-state index contributed by atoms with van der Waals surface area (Å²) >= 11 is 3.69. The molecule has 12 heavy (non-hydrogen) atoms. The van der Waals surface area contributed by atoms with E-state index in [1.165, 1.54) is 0 Å². The van der Waals surface area contributed by atoms with Gasteiger partial charge in [0.2, 0.25) is 0 Å². The van der Waals surface area contributed by atoms with Gasteiger partial charge in [-0.3, -0.25) is 0 Å². The van der Waals surface area contributed by atoms with Crippen molar-refractivity contribution in [2.45, 2.75) is 11.5 Å². The van der Waals surface area contributed by atoms with Crippen molar-refractivity contribution < 1.29 is 34.0 Å². The Morgan fingerprint density at radius 1 is 1.17 bits per heavy atom. The van der Waals surface area contributed by atoms with Crippen molar-refractivity contribution in [1.29, 1.82) is 0 Å². The van der Waals surface area contributed by atoms with Gasteiger partial charge < -0.3 is 0 Å². The Balaban J connectivity index is 4.67. The zero-order chi connectivity index (χ0) is 10.2. The molecule has 0 radical (unpaired) electrons. The largest absolute Gasteiger partial charge is 0.450 e. The predicted molar refractivity (Wildman–Crippen MR) is 26.9 cm³/mol. The molecule has 0 heterocycles. The van der Waals surface area contributed by atoms with Crippen LogP contribution in [0.5, 0.6) is 0 Å². The highest BCUT2D eigenvalue weighted by atomic mass is 35.5. The van der Waals surface area contributed by atoms with Gasteiger partial charge in [0.1, 0.15) is 0 Å². The maximum absolute atomic E-state index is 11.7. The van der Waals surface area contributed by atoms with E-state index in [1.807, 2.05) is 0 Å². The summed E-state index contributed by atoms with van der Waals surface area (Å²) in [5, 5.41) is -5.30. The fourth-order valence-corrected chi connectivity index (χ4v) is 0.611. The van der Waals surface area contributed by atoms with Gasteiger partial charge in [-0.05, 0) is 11.6 Å². The molecule has 0 saturated carbocycles. The van der Waals surface area contributed by atoms with Crippen molar-refractivity contribution in [2.75, 3.05) is 0 Å². The van der Waals surface area contributed by atoms with Crippen molar-refractivity contribution in [2.24, 2.45) is 0 Å². The summed E-state index contributed by atoms with van der Waals surface area (Å²) in [5.74, 6) is 0. The van der Waals surface area contributed by atoms with Crippen molar-refractivity contribution in [3.05, 3.63) is 0 Å². The predicted octanol–water partition coefficient (Wildman–Crippen LogP) is 1.64. The first-order valence-electron chi connectivity index (χ1n) is 2.05. The lowest BCUT2D eigenvalue weighted by atomic mass is 10.7. The van der Waals surface area contributed by atoms with Crippen LogP contribution < -0.4 is 0 Å². The third-order valence-electron chi connectivity index (χ3n) is 0.534. The van der Waals surface area contributed by atoms with E-state index in [-0.39, 0.29) is 0 Å². The van der Waals surface area contributed by atoms with Crippen molar-refractivity contribution in [3.8, 4) is 0 Å². The summed E-state index contributed by atoms with van der Waals surface area (Å²) in [6.07, 6.45) is -5.61. The highest BCUT2D eigenvalue weighted by Gasteiger charge is 2.60. The Bertz CT molecular complexity index is 254. The molecule has 0 fully saturated rings. The molecular weight excluding hydrogens is 235 g/mol. The fourth-order valence-electron chi connectivity index (χ4n) is 0.172. The van der Waals surface area contributed by atoms with E-state index in [1.54, 1.807) is 0 Å². The number of rotatable bonds is 3. The minimum atomic E-state index is -6.18. The van der Waals surface area contributed by atoms with Gasteiger partial charge in [0.15, 0.2) is 0 Å². The molecule has 0 bridgehead atoms. The van der Waals surface area contributed by atoms with Gasteiger partial charge in [0.05, 0.1) is 0 Å². The molecule has 3 nitrogen and oxygen atoms in total. The molecule has 0 aromatic heterocycles. The summed E-state index contributed by atoms with van der Waals surface area (Å²) in [6, 6.07) is 0. The monoisotopic (exact) mass is 234 g/mol. The third-order valence-corrected chi connectivity index (χ3v) is 1.16. The van der Waals surface area contributed by atoms with Crippen LogP contribution in [0.4, 0.5) is 21.4 Å². The van der Waals surface area contributed by atoms with Crippen LogP contribution in [0.1, 0.15) is 0 Å². The molecule has 0 saturated heterocycles. The maximum Gasteiger partial charge on any atom is 0.450 e. The normalized spacial score (nSPS) is 14.8. The second-order valence-corrected chi connectivity index (χ2v) is 2.92. The molecule has 10 heteroatoms. The van der Waals surface area contributed by atoms with Crippen LogP contribution >= 0.6 is 11.6 Å². The van der Waals surface area contributed by atoms with E-state index in [4.69, 9.17) is 0 Å². The number of alkyl halides is 5. The Morgan fingerprint density at radius 3 is 1.58 bits per heavy atom. The van der Waals surface area contributed by atoms with Gasteiger partial charge in [-0.2, -0.15) is 30.2 Å². The Labute approximate surface area is 68.5 Å². The van der Waals surface area contributed by atoms with Gasteiger partial charge in [0, 0.05) is 0 Å². The molecule has 0 amide bonds. The maximum atomic E-state index is 11.7. The average molecular weight is 235 g/mol. The first-order valence-corrected chi connectivity index (χ1v) is 3.74. The molecule has 0 rings (SSSR count). The summed E-state index contributed by atoms with van der Waals surface area (Å²) in [6.45, 7) is 0. The van der Waals surface area contributed by atoms with E-state index in [9.17, 15) is 29.9 Å². The second-order valence-electron chi connectivity index (χ2n) is 1.49. The first kappa shape index (κ1) is 11.8. The molecule has 0 aliphatic carbocycles. The van der Waals surface area contributed by atoms with Crippen LogP contribution in [-0.2, 0) is 14.7 Å². The lowest BCUT2D eigenvalue weighted by molar-refractivity contribution is -0.272. The third kappa shape index (κ3) is 3.50. The molecule has 0 N–H and O–H groups in total. The molecule has 0 aliphatic heterocycles. The van der Waals surface area contributed by atoms with Crippen LogP contribution in [0.3, 0.4) is 0 Å². The van der Waals surface area contributed by atoms with Crippen LogP contribution in [0.2, 0.25) is 0 Å². The van der Waals surface area contributed by atoms with E-state index in [0.29, 0.717) is 0 Å². The summed E-state index contributed by atoms with van der Waals surface area (Å²) in [7, 11) is -6.18. The fraction of sp³-hybridized carbons (Fsp3) is 1.00. The van der Waals surface area contributed by atoms with Gasteiger partial charge in [-0.1, -0.05) is 3.89 Å². The van der Waals surface area contributed by atoms with Gasteiger partial charge in [-0.25, -0.2) is 0 Å². The molecule has 0 aromatic rings. The SMILES string of the molecule is O=S(=O)(F)OC(F)(F)C(F)(F)Cl. The zero-order valence-corrected chi connectivity index (χ0v) is 6.47. The Kier molecular flexibility index (Phi) is 2.93. The molecule has 74 valence electrons. The van der Waals surface area contributed by atoms with E-state index in [2.05, 4.69) is 15.8 Å². The average Bonchev–Trinajstić information content (AvgIpc) is 1.52. The van der Waals surface area contributed by atoms with Crippen molar-refractivity contribution in [1.82, 2.24) is 0 Å². The van der Waals surface area contributed by atoms with Gasteiger partial charge in [-0.15, -0.1) is 0 Å². The molecule has 0 spiro atoms. The van der Waals surface area contributed by atoms with E-state index < -0.39 is 22.0 Å². The Morgan fingerprint density at radius 2 is 1.50 bits per heavy atom. The first-order chi connectivity index (χ1) is 4.96. The molecular formula is C2ClF5O3S. The van der Waals surface area contributed by atoms with E-state index >= 15 is 0 Å². The van der Waals surface area contributed by atoms with Crippen LogP contribution in [0.15, 0.2) is 0 Å². The van der Waals surface area contributed by atoms with Crippen LogP contribution in [-0.4, -0.2) is 19.9 Å². The van der Waals surface area contributed by atoms with E-state index in [0.717, 1.165) is 0 Å². The van der Waals surface area contributed by atoms with Gasteiger partial charge >= 0.3 is 22.0 Å². The number of hydrogen-bond donors (Lipinski definition) is 0. The van der Waals surface area contributed by atoms with Crippen molar-refractivity contribution >= 4 is 22.1 Å². The lowest BCUT2D eigenvalue weighted by Gasteiger charge is -2.17. The Hall–Kier alpha value is -0.150. The second kappa shape index (κ2) is 2.96. The summed E-state index contributed by atoms with van der Waals surface area (Å²) in [5.41, 5.74) is 0. The zero-order valence-electron chi connectivity index (χ0n) is 4.90. The van der Waals surface area contributed by atoms with Crippen LogP contribution in [0, 0.1) is 0 Å². The smallest absolute Gasteiger partial charge is 0.178 e. The quantitative estimate of drug-likeness (QED) is 0.424. The lowest BCUT2D eigenvalue weighted by Crippen LogP contribution is -2.39. The molecule has 0 aliphatic rings. The highest BCUT2D eigenvalue weighted by Crippen LogP contribution is 2.39. The van der Waals surface area contributed by atoms with Gasteiger partial charge in [0.25, 0.3) is 0 Å². The number of hydrogen-bond acceptors (Lipinski definition) is 3. The minimum absolute atomic E-state index is 2.08. The minimum Gasteiger partial charge on any atom is -0.178 e. The summed E-state index contributed by atoms with van der Waals surface area (Å²) < 4.78 is 78.4. The summed E-state index contributed by atoms with van der Waals surface area (Å²) in [4.78, 5) is 0. The number of halogens is 6. The standard InChI is InChI=1S/C2ClF5O3S/c3-1(4,5)2(6,7)11-12(8,9)10. The van der Waals surface area contributed by atoms with Crippen LogP contribution in [0.25, 0.3) is 0 Å².